The van der Waals surface area contributed by atoms with Gasteiger partial charge in [0.15, 0.2) is 0 Å². The van der Waals surface area contributed by atoms with E-state index in [1.807, 2.05) is 6.07 Å². The van der Waals surface area contributed by atoms with Crippen molar-refractivity contribution in [2.75, 3.05) is 6.54 Å². The van der Waals surface area contributed by atoms with Crippen molar-refractivity contribution < 1.29 is 24.2 Å². The third kappa shape index (κ3) is 7.62. The maximum Gasteiger partial charge on any atom is 0.408 e. The van der Waals surface area contributed by atoms with Crippen LogP contribution in [0.5, 0.6) is 5.75 Å². The van der Waals surface area contributed by atoms with Crippen molar-refractivity contribution in [2.24, 2.45) is 0 Å². The molecule has 0 aliphatic rings. The highest BCUT2D eigenvalue weighted by Gasteiger charge is 2.35. The molecule has 1 aromatic rings. The fourth-order valence-electron chi connectivity index (χ4n) is 2.70. The standard InChI is InChI=1S/C21H30N4O5/c1-13(2)23-18(27)17(15-8-7-9-16(26)12-15)25(11-10-22)19(28)14(3)24-20(29)30-21(4,5)6/h7-9,12-14,17,26H,11H2,1-6H3,(H,23,27)(H,24,29). The van der Waals surface area contributed by atoms with Crippen LogP contribution in [0.3, 0.4) is 0 Å². The summed E-state index contributed by atoms with van der Waals surface area (Å²) in [6.45, 7) is 9.64. The van der Waals surface area contributed by atoms with Gasteiger partial charge in [0.2, 0.25) is 11.8 Å². The van der Waals surface area contributed by atoms with Crippen molar-refractivity contribution in [1.29, 1.82) is 5.26 Å². The van der Waals surface area contributed by atoms with Gasteiger partial charge in [0, 0.05) is 6.04 Å². The Morgan fingerprint density at radius 1 is 1.20 bits per heavy atom. The van der Waals surface area contributed by atoms with E-state index in [-0.39, 0.29) is 11.8 Å². The Labute approximate surface area is 177 Å². The van der Waals surface area contributed by atoms with Crippen LogP contribution in [0.15, 0.2) is 24.3 Å². The molecular formula is C21H30N4O5. The first kappa shape index (κ1) is 24.8. The van der Waals surface area contributed by atoms with Crippen molar-refractivity contribution in [2.45, 2.75) is 65.3 Å². The number of hydrogen-bond donors (Lipinski definition) is 3. The molecule has 2 atom stereocenters. The number of nitrogens with zero attached hydrogens (tertiary/aromatic N) is 2. The van der Waals surface area contributed by atoms with E-state index in [9.17, 15) is 24.8 Å². The molecule has 0 aromatic heterocycles. The number of hydrogen-bond acceptors (Lipinski definition) is 6. The molecule has 0 saturated heterocycles. The Morgan fingerprint density at radius 3 is 2.33 bits per heavy atom. The molecule has 0 saturated carbocycles. The highest BCUT2D eigenvalue weighted by molar-refractivity contribution is 5.92. The van der Waals surface area contributed by atoms with Crippen LogP contribution in [0.25, 0.3) is 0 Å². The molecule has 0 aliphatic heterocycles. The van der Waals surface area contributed by atoms with Crippen LogP contribution in [0, 0.1) is 11.3 Å². The first-order chi connectivity index (χ1) is 13.9. The van der Waals surface area contributed by atoms with Crippen LogP contribution < -0.4 is 10.6 Å². The number of phenolic OH excluding ortho intramolecular Hbond substituents is 1. The molecule has 3 amide bonds. The number of phenols is 1. The lowest BCUT2D eigenvalue weighted by atomic mass is 10.0. The minimum absolute atomic E-state index is 0.0841. The Bertz CT molecular complexity index is 810. The Morgan fingerprint density at radius 2 is 1.83 bits per heavy atom. The van der Waals surface area contributed by atoms with E-state index < -0.39 is 42.1 Å². The summed E-state index contributed by atoms with van der Waals surface area (Å²) in [7, 11) is 0. The maximum absolute atomic E-state index is 13.1. The van der Waals surface area contributed by atoms with Crippen LogP contribution in [0.2, 0.25) is 0 Å². The lowest BCUT2D eigenvalue weighted by molar-refractivity contribution is -0.141. The zero-order valence-corrected chi connectivity index (χ0v) is 18.2. The molecule has 164 valence electrons. The van der Waals surface area contributed by atoms with Gasteiger partial charge in [0.1, 0.15) is 30.0 Å². The highest BCUT2D eigenvalue weighted by atomic mass is 16.6. The summed E-state index contributed by atoms with van der Waals surface area (Å²) in [5.41, 5.74) is -0.415. The second-order valence-electron chi connectivity index (χ2n) is 8.15. The first-order valence-corrected chi connectivity index (χ1v) is 9.62. The quantitative estimate of drug-likeness (QED) is 0.582. The van der Waals surface area contributed by atoms with Gasteiger partial charge in [-0.3, -0.25) is 9.59 Å². The second-order valence-corrected chi connectivity index (χ2v) is 8.15. The summed E-state index contributed by atoms with van der Waals surface area (Å²) < 4.78 is 5.16. The number of nitriles is 1. The molecule has 0 radical (unpaired) electrons. The predicted octanol–water partition coefficient (Wildman–Crippen LogP) is 2.22. The van der Waals surface area contributed by atoms with Gasteiger partial charge in [0.05, 0.1) is 6.07 Å². The molecule has 0 aliphatic carbocycles. The van der Waals surface area contributed by atoms with Gasteiger partial charge in [-0.15, -0.1) is 0 Å². The lowest BCUT2D eigenvalue weighted by Crippen LogP contribution is -2.52. The summed E-state index contributed by atoms with van der Waals surface area (Å²) in [4.78, 5) is 39.1. The molecule has 1 aromatic carbocycles. The lowest BCUT2D eigenvalue weighted by Gasteiger charge is -2.32. The van der Waals surface area contributed by atoms with E-state index >= 15 is 0 Å². The topological polar surface area (TPSA) is 132 Å². The van der Waals surface area contributed by atoms with E-state index in [1.54, 1.807) is 40.7 Å². The average Bonchev–Trinajstić information content (AvgIpc) is 2.58. The van der Waals surface area contributed by atoms with Gasteiger partial charge in [-0.1, -0.05) is 12.1 Å². The van der Waals surface area contributed by atoms with E-state index in [0.29, 0.717) is 5.56 Å². The van der Waals surface area contributed by atoms with Crippen LogP contribution in [0.4, 0.5) is 4.79 Å². The summed E-state index contributed by atoms with van der Waals surface area (Å²) >= 11 is 0. The van der Waals surface area contributed by atoms with Gasteiger partial charge >= 0.3 is 6.09 Å². The summed E-state index contributed by atoms with van der Waals surface area (Å²) in [5.74, 6) is -1.24. The molecule has 9 heteroatoms. The Balaban J connectivity index is 3.23. The van der Waals surface area contributed by atoms with Crippen LogP contribution in [-0.2, 0) is 14.3 Å². The van der Waals surface area contributed by atoms with E-state index in [1.165, 1.54) is 25.1 Å². The minimum atomic E-state index is -1.17. The predicted molar refractivity (Wildman–Crippen MR) is 110 cm³/mol. The normalized spacial score (nSPS) is 13.0. The van der Waals surface area contributed by atoms with E-state index in [2.05, 4.69) is 10.6 Å². The molecule has 9 nitrogen and oxygen atoms in total. The number of carbonyl (C=O) groups excluding carboxylic acids is 3. The molecule has 0 heterocycles. The van der Waals surface area contributed by atoms with Crippen LogP contribution >= 0.6 is 0 Å². The molecule has 0 bridgehead atoms. The zero-order chi connectivity index (χ0) is 23.1. The van der Waals surface area contributed by atoms with Gasteiger partial charge in [-0.25, -0.2) is 4.79 Å². The van der Waals surface area contributed by atoms with Crippen molar-refractivity contribution in [3.63, 3.8) is 0 Å². The number of benzene rings is 1. The second kappa shape index (κ2) is 10.5. The molecule has 0 spiro atoms. The van der Waals surface area contributed by atoms with Crippen LogP contribution in [0.1, 0.15) is 53.1 Å². The third-order valence-corrected chi connectivity index (χ3v) is 3.80. The average molecular weight is 418 g/mol. The largest absolute Gasteiger partial charge is 0.508 e. The molecule has 3 N–H and O–H groups in total. The van der Waals surface area contributed by atoms with E-state index in [0.717, 1.165) is 4.90 Å². The fourth-order valence-corrected chi connectivity index (χ4v) is 2.70. The molecule has 0 fully saturated rings. The van der Waals surface area contributed by atoms with Crippen LogP contribution in [-0.4, -0.2) is 52.1 Å². The Hall–Kier alpha value is -3.28. The summed E-state index contributed by atoms with van der Waals surface area (Å²) in [5, 5.41) is 24.3. The number of nitrogens with one attached hydrogen (secondary N) is 2. The molecule has 2 unspecified atom stereocenters. The Kier molecular flexibility index (Phi) is 8.65. The molecular weight excluding hydrogens is 388 g/mol. The summed E-state index contributed by atoms with van der Waals surface area (Å²) in [6.07, 6.45) is -0.791. The summed E-state index contributed by atoms with van der Waals surface area (Å²) in [6, 6.07) is 5.35. The van der Waals surface area contributed by atoms with Crippen molar-refractivity contribution in [3.05, 3.63) is 29.8 Å². The number of ether oxygens (including phenoxy) is 1. The number of amides is 3. The van der Waals surface area contributed by atoms with Gasteiger partial charge < -0.3 is 25.4 Å². The van der Waals surface area contributed by atoms with Gasteiger partial charge in [-0.05, 0) is 59.2 Å². The number of alkyl carbamates (subject to hydrolysis) is 1. The fraction of sp³-hybridized carbons (Fsp3) is 0.524. The maximum atomic E-state index is 13.1. The zero-order valence-electron chi connectivity index (χ0n) is 18.2. The van der Waals surface area contributed by atoms with E-state index in [4.69, 9.17) is 4.74 Å². The monoisotopic (exact) mass is 418 g/mol. The number of rotatable bonds is 7. The SMILES string of the molecule is CC(C)NC(=O)C(c1cccc(O)c1)N(CC#N)C(=O)C(C)NC(=O)OC(C)(C)C. The molecule has 1 rings (SSSR count). The first-order valence-electron chi connectivity index (χ1n) is 9.62. The smallest absolute Gasteiger partial charge is 0.408 e. The number of aromatic hydroxyl groups is 1. The minimum Gasteiger partial charge on any atom is -0.508 e. The van der Waals surface area contributed by atoms with Gasteiger partial charge in [0.25, 0.3) is 0 Å². The third-order valence-electron chi connectivity index (χ3n) is 3.80. The van der Waals surface area contributed by atoms with Crippen molar-refractivity contribution in [1.82, 2.24) is 15.5 Å². The number of carbonyl (C=O) groups is 3. The highest BCUT2D eigenvalue weighted by Crippen LogP contribution is 2.25. The van der Waals surface area contributed by atoms with Crippen molar-refractivity contribution in [3.8, 4) is 11.8 Å². The molecule has 30 heavy (non-hydrogen) atoms. The van der Waals surface area contributed by atoms with Gasteiger partial charge in [-0.2, -0.15) is 5.26 Å². The van der Waals surface area contributed by atoms with Crippen molar-refractivity contribution >= 4 is 17.9 Å².